The molecule has 1 unspecified atom stereocenters. The highest BCUT2D eigenvalue weighted by atomic mass is 35.5. The molecular formula is C14H21ClFNO2. The second-order valence-electron chi connectivity index (χ2n) is 5.23. The quantitative estimate of drug-likeness (QED) is 0.865. The molecule has 1 aromatic rings. The Balaban J connectivity index is 0.00000324. The van der Waals surface area contributed by atoms with Crippen LogP contribution in [0, 0.1) is 5.82 Å². The van der Waals surface area contributed by atoms with Gasteiger partial charge in [0.05, 0.1) is 5.56 Å². The minimum Gasteiger partial charge on any atom is -0.456 e. The van der Waals surface area contributed by atoms with Crippen LogP contribution < -0.4 is 5.73 Å². The van der Waals surface area contributed by atoms with Crippen LogP contribution >= 0.6 is 12.4 Å². The van der Waals surface area contributed by atoms with E-state index in [0.29, 0.717) is 12.0 Å². The van der Waals surface area contributed by atoms with Gasteiger partial charge in [-0.2, -0.15) is 0 Å². The number of nitrogens with two attached hydrogens (primary N) is 1. The number of benzene rings is 1. The molecule has 5 heteroatoms. The number of ether oxygens (including phenoxy) is 1. The monoisotopic (exact) mass is 289 g/mol. The minimum absolute atomic E-state index is 0. The van der Waals surface area contributed by atoms with Crippen molar-refractivity contribution in [3.05, 3.63) is 35.1 Å². The average Bonchev–Trinajstić information content (AvgIpc) is 2.26. The molecule has 0 aliphatic heterocycles. The number of esters is 1. The van der Waals surface area contributed by atoms with Crippen molar-refractivity contribution in [2.24, 2.45) is 5.73 Å². The van der Waals surface area contributed by atoms with E-state index >= 15 is 0 Å². The molecule has 0 spiro atoms. The number of carbonyl (C=O) groups excluding carboxylic acids is 1. The molecular weight excluding hydrogens is 269 g/mol. The lowest BCUT2D eigenvalue weighted by Gasteiger charge is -2.20. The van der Waals surface area contributed by atoms with Gasteiger partial charge in [0.1, 0.15) is 11.4 Å². The third kappa shape index (κ3) is 4.80. The van der Waals surface area contributed by atoms with Crippen molar-refractivity contribution in [2.75, 3.05) is 0 Å². The fourth-order valence-electron chi connectivity index (χ4n) is 1.55. The molecule has 0 aliphatic carbocycles. The van der Waals surface area contributed by atoms with E-state index in [2.05, 4.69) is 0 Å². The van der Waals surface area contributed by atoms with Crippen LogP contribution in [0.5, 0.6) is 0 Å². The van der Waals surface area contributed by atoms with Crippen molar-refractivity contribution in [1.82, 2.24) is 0 Å². The van der Waals surface area contributed by atoms with E-state index in [0.717, 1.165) is 0 Å². The maximum atomic E-state index is 14.2. The Bertz CT molecular complexity index is 444. The largest absolute Gasteiger partial charge is 0.456 e. The first kappa shape index (κ1) is 17.9. The number of rotatable bonds is 3. The highest BCUT2D eigenvalue weighted by Crippen LogP contribution is 2.22. The standard InChI is InChI=1S/C14H20FNO2.ClH/c1-5-11(16)9-7-6-8-10(12(9)15)13(17)18-14(2,3)4;/h6-8,11H,5,16H2,1-4H3;1H. The SMILES string of the molecule is CCC(N)c1cccc(C(=O)OC(C)(C)C)c1F.Cl. The molecule has 1 aromatic carbocycles. The Morgan fingerprint density at radius 3 is 2.47 bits per heavy atom. The van der Waals surface area contributed by atoms with Gasteiger partial charge >= 0.3 is 5.97 Å². The van der Waals surface area contributed by atoms with Gasteiger partial charge < -0.3 is 10.5 Å². The molecule has 0 saturated heterocycles. The highest BCUT2D eigenvalue weighted by Gasteiger charge is 2.23. The third-order valence-electron chi connectivity index (χ3n) is 2.49. The summed E-state index contributed by atoms with van der Waals surface area (Å²) >= 11 is 0. The van der Waals surface area contributed by atoms with E-state index in [1.54, 1.807) is 32.9 Å². The number of hydrogen-bond donors (Lipinski definition) is 1. The molecule has 0 amide bonds. The van der Waals surface area contributed by atoms with Gasteiger partial charge in [-0.15, -0.1) is 12.4 Å². The van der Waals surface area contributed by atoms with E-state index in [4.69, 9.17) is 10.5 Å². The molecule has 0 aromatic heterocycles. The summed E-state index contributed by atoms with van der Waals surface area (Å²) in [4.78, 5) is 11.8. The van der Waals surface area contributed by atoms with Gasteiger partial charge in [0.15, 0.2) is 0 Å². The van der Waals surface area contributed by atoms with Gasteiger partial charge in [-0.25, -0.2) is 9.18 Å². The maximum Gasteiger partial charge on any atom is 0.341 e. The van der Waals surface area contributed by atoms with Crippen LogP contribution in [0.1, 0.15) is 56.1 Å². The molecule has 0 saturated carbocycles. The fourth-order valence-corrected chi connectivity index (χ4v) is 1.55. The van der Waals surface area contributed by atoms with Crippen molar-refractivity contribution in [3.63, 3.8) is 0 Å². The van der Waals surface area contributed by atoms with Crippen LogP contribution in [0.4, 0.5) is 4.39 Å². The summed E-state index contributed by atoms with van der Waals surface area (Å²) in [6, 6.07) is 4.22. The molecule has 1 rings (SSSR count). The Morgan fingerprint density at radius 2 is 2.00 bits per heavy atom. The summed E-state index contributed by atoms with van der Waals surface area (Å²) in [5.41, 5.74) is 5.44. The van der Waals surface area contributed by atoms with Crippen molar-refractivity contribution >= 4 is 18.4 Å². The molecule has 2 N–H and O–H groups in total. The molecule has 19 heavy (non-hydrogen) atoms. The van der Waals surface area contributed by atoms with E-state index < -0.39 is 23.4 Å². The Morgan fingerprint density at radius 1 is 1.42 bits per heavy atom. The molecule has 0 radical (unpaired) electrons. The van der Waals surface area contributed by atoms with Gasteiger partial charge in [0.25, 0.3) is 0 Å². The van der Waals surface area contributed by atoms with Crippen LogP contribution in [-0.2, 0) is 4.74 Å². The zero-order valence-corrected chi connectivity index (χ0v) is 12.5. The summed E-state index contributed by atoms with van der Waals surface area (Å²) in [5, 5.41) is 0. The van der Waals surface area contributed by atoms with Gasteiger partial charge in [0, 0.05) is 11.6 Å². The van der Waals surface area contributed by atoms with Crippen LogP contribution in [0.2, 0.25) is 0 Å². The second-order valence-corrected chi connectivity index (χ2v) is 5.23. The zero-order chi connectivity index (χ0) is 13.9. The second kappa shape index (κ2) is 6.87. The Kier molecular flexibility index (Phi) is 6.46. The number of halogens is 2. The number of hydrogen-bond acceptors (Lipinski definition) is 3. The molecule has 1 atom stereocenters. The molecule has 3 nitrogen and oxygen atoms in total. The van der Waals surface area contributed by atoms with Crippen molar-refractivity contribution in [3.8, 4) is 0 Å². The predicted octanol–water partition coefficient (Wildman–Crippen LogP) is 3.61. The maximum absolute atomic E-state index is 14.2. The normalized spacial score (nSPS) is 12.5. The lowest BCUT2D eigenvalue weighted by Crippen LogP contribution is -2.25. The Labute approximate surface area is 119 Å². The van der Waals surface area contributed by atoms with E-state index in [-0.39, 0.29) is 18.0 Å². The molecule has 0 heterocycles. The third-order valence-corrected chi connectivity index (χ3v) is 2.49. The van der Waals surface area contributed by atoms with E-state index in [1.807, 2.05) is 6.92 Å². The molecule has 0 aliphatic rings. The first-order chi connectivity index (χ1) is 8.26. The summed E-state index contributed by atoms with van der Waals surface area (Å²) in [7, 11) is 0. The van der Waals surface area contributed by atoms with Crippen molar-refractivity contribution < 1.29 is 13.9 Å². The van der Waals surface area contributed by atoms with Crippen LogP contribution in [0.15, 0.2) is 18.2 Å². The average molecular weight is 290 g/mol. The summed E-state index contributed by atoms with van der Waals surface area (Å²) in [6.45, 7) is 7.09. The van der Waals surface area contributed by atoms with Gasteiger partial charge in [-0.3, -0.25) is 0 Å². The van der Waals surface area contributed by atoms with Crippen molar-refractivity contribution in [2.45, 2.75) is 45.8 Å². The van der Waals surface area contributed by atoms with Gasteiger partial charge in [-0.05, 0) is 33.3 Å². The van der Waals surface area contributed by atoms with E-state index in [1.165, 1.54) is 6.07 Å². The molecule has 0 bridgehead atoms. The van der Waals surface area contributed by atoms with Crippen LogP contribution in [0.25, 0.3) is 0 Å². The Hall–Kier alpha value is -1.13. The van der Waals surface area contributed by atoms with E-state index in [9.17, 15) is 9.18 Å². The number of carbonyl (C=O) groups is 1. The lowest BCUT2D eigenvalue weighted by molar-refractivity contribution is 0.00644. The van der Waals surface area contributed by atoms with Gasteiger partial charge in [0.2, 0.25) is 0 Å². The summed E-state index contributed by atoms with van der Waals surface area (Å²) in [6.07, 6.45) is 0.606. The highest BCUT2D eigenvalue weighted by molar-refractivity contribution is 5.90. The predicted molar refractivity (Wildman–Crippen MR) is 76.0 cm³/mol. The molecule has 0 fully saturated rings. The van der Waals surface area contributed by atoms with Crippen molar-refractivity contribution in [1.29, 1.82) is 0 Å². The minimum atomic E-state index is -0.662. The van der Waals surface area contributed by atoms with Gasteiger partial charge in [-0.1, -0.05) is 19.1 Å². The topological polar surface area (TPSA) is 52.3 Å². The fraction of sp³-hybridized carbons (Fsp3) is 0.500. The first-order valence-corrected chi connectivity index (χ1v) is 6.03. The zero-order valence-electron chi connectivity index (χ0n) is 11.7. The smallest absolute Gasteiger partial charge is 0.341 e. The first-order valence-electron chi connectivity index (χ1n) is 6.03. The molecule has 108 valence electrons. The lowest BCUT2D eigenvalue weighted by atomic mass is 10.0. The summed E-state index contributed by atoms with van der Waals surface area (Å²) in [5.74, 6) is -1.24. The summed E-state index contributed by atoms with van der Waals surface area (Å²) < 4.78 is 19.3. The van der Waals surface area contributed by atoms with Crippen LogP contribution in [0.3, 0.4) is 0 Å². The van der Waals surface area contributed by atoms with Crippen LogP contribution in [-0.4, -0.2) is 11.6 Å².